The fourth-order valence-corrected chi connectivity index (χ4v) is 5.37. The molecule has 0 aliphatic carbocycles. The minimum Gasteiger partial charge on any atom is -0.339 e. The second-order valence-electron chi connectivity index (χ2n) is 8.84. The van der Waals surface area contributed by atoms with Crippen LogP contribution < -0.4 is 10.7 Å². The van der Waals surface area contributed by atoms with Gasteiger partial charge in [0, 0.05) is 33.8 Å². The highest BCUT2D eigenvalue weighted by Gasteiger charge is 2.24. The Hall–Kier alpha value is -4.61. The summed E-state index contributed by atoms with van der Waals surface area (Å²) in [4.78, 5) is 17.7. The van der Waals surface area contributed by atoms with Crippen LogP contribution in [0.1, 0.15) is 21.5 Å². The van der Waals surface area contributed by atoms with E-state index in [2.05, 4.69) is 10.7 Å². The highest BCUT2D eigenvalue weighted by molar-refractivity contribution is 7.86. The summed E-state index contributed by atoms with van der Waals surface area (Å²) in [6.45, 7) is 1.73. The Bertz CT molecular complexity index is 1970. The van der Waals surface area contributed by atoms with Crippen LogP contribution in [0.3, 0.4) is 0 Å². The van der Waals surface area contributed by atoms with Crippen LogP contribution in [-0.2, 0) is 10.1 Å². The molecule has 4 aromatic carbocycles. The smallest absolute Gasteiger partial charge is 0.296 e. The SMILES string of the molecule is Cc1c(C(=O)Nn2cc(S(=O)(=O)O)c3cc(F)ccc32)cc2cccc3c2c1N=C(c1cccc(F)c1)N3. The van der Waals surface area contributed by atoms with Gasteiger partial charge in [-0.25, -0.2) is 13.8 Å². The van der Waals surface area contributed by atoms with Gasteiger partial charge in [-0.15, -0.1) is 0 Å². The van der Waals surface area contributed by atoms with Crippen molar-refractivity contribution in [3.8, 4) is 0 Å². The summed E-state index contributed by atoms with van der Waals surface area (Å²) in [5.74, 6) is -1.28. The molecule has 0 bridgehead atoms. The summed E-state index contributed by atoms with van der Waals surface area (Å²) in [5.41, 5.74) is 5.39. The van der Waals surface area contributed by atoms with E-state index in [0.29, 0.717) is 22.6 Å². The lowest BCUT2D eigenvalue weighted by Crippen LogP contribution is -2.23. The molecule has 0 saturated carbocycles. The lowest BCUT2D eigenvalue weighted by molar-refractivity contribution is 0.101. The number of anilines is 1. The molecule has 190 valence electrons. The third-order valence-corrected chi connectivity index (χ3v) is 7.32. The number of fused-ring (bicyclic) bond motifs is 1. The highest BCUT2D eigenvalue weighted by Crippen LogP contribution is 2.40. The fraction of sp³-hybridized carbons (Fsp3) is 0.0370. The monoisotopic (exact) mass is 532 g/mol. The van der Waals surface area contributed by atoms with Gasteiger partial charge in [-0.3, -0.25) is 19.4 Å². The molecule has 6 rings (SSSR count). The molecule has 0 unspecified atom stereocenters. The third kappa shape index (κ3) is 3.88. The van der Waals surface area contributed by atoms with Gasteiger partial charge < -0.3 is 5.32 Å². The number of rotatable bonds is 4. The quantitative estimate of drug-likeness (QED) is 0.264. The number of nitrogens with zero attached hydrogens (tertiary/aromatic N) is 2. The van der Waals surface area contributed by atoms with Crippen LogP contribution in [0.2, 0.25) is 0 Å². The largest absolute Gasteiger partial charge is 0.339 e. The zero-order valence-electron chi connectivity index (χ0n) is 19.7. The zero-order chi connectivity index (χ0) is 26.8. The standard InChI is InChI=1S/C27H18F2N4O4S/c1-14-19(27(34)32-33-13-23(38(35,36)37)20-12-18(29)8-9-22(20)33)11-15-4-3-7-21-24(15)25(14)31-26(30-21)16-5-2-6-17(28)10-16/h2-13H,1H3,(H,30,31)(H,32,34)(H,35,36,37). The Morgan fingerprint density at radius 2 is 1.79 bits per heavy atom. The average molecular weight is 533 g/mol. The molecule has 1 aliphatic rings. The first-order valence-corrected chi connectivity index (χ1v) is 12.8. The van der Waals surface area contributed by atoms with Crippen LogP contribution in [0.5, 0.6) is 0 Å². The number of hydrogen-bond donors (Lipinski definition) is 3. The molecule has 11 heteroatoms. The normalized spacial score (nSPS) is 12.9. The first kappa shape index (κ1) is 23.8. The second kappa shape index (κ2) is 8.47. The lowest BCUT2D eigenvalue weighted by Gasteiger charge is -2.22. The number of aliphatic imine (C=N–C) groups is 1. The van der Waals surface area contributed by atoms with Crippen LogP contribution in [0.4, 0.5) is 20.2 Å². The topological polar surface area (TPSA) is 113 Å². The summed E-state index contributed by atoms with van der Waals surface area (Å²) in [5, 5.41) is 4.66. The molecular weight excluding hydrogens is 514 g/mol. The molecule has 1 aliphatic heterocycles. The van der Waals surface area contributed by atoms with Gasteiger partial charge in [-0.2, -0.15) is 8.42 Å². The molecule has 1 aromatic heterocycles. The van der Waals surface area contributed by atoms with E-state index in [1.165, 1.54) is 18.2 Å². The molecule has 0 spiro atoms. The number of carbonyl (C=O) groups is 1. The maximum absolute atomic E-state index is 13.9. The number of aromatic nitrogens is 1. The van der Waals surface area contributed by atoms with Crippen molar-refractivity contribution >= 4 is 54.9 Å². The van der Waals surface area contributed by atoms with Gasteiger partial charge in [-0.05, 0) is 60.3 Å². The van der Waals surface area contributed by atoms with Crippen molar-refractivity contribution in [3.05, 3.63) is 101 Å². The molecule has 38 heavy (non-hydrogen) atoms. The Balaban J connectivity index is 1.48. The Morgan fingerprint density at radius 1 is 1.03 bits per heavy atom. The molecule has 0 atom stereocenters. The van der Waals surface area contributed by atoms with Gasteiger partial charge in [0.2, 0.25) is 0 Å². The highest BCUT2D eigenvalue weighted by atomic mass is 32.2. The van der Waals surface area contributed by atoms with Crippen molar-refractivity contribution < 1.29 is 26.5 Å². The van der Waals surface area contributed by atoms with E-state index in [9.17, 15) is 26.5 Å². The number of amides is 1. The Kier molecular flexibility index (Phi) is 5.30. The van der Waals surface area contributed by atoms with E-state index in [1.54, 1.807) is 25.1 Å². The van der Waals surface area contributed by atoms with E-state index in [1.807, 2.05) is 18.2 Å². The Labute approximate surface area is 215 Å². The summed E-state index contributed by atoms with van der Waals surface area (Å²) in [7, 11) is -4.70. The van der Waals surface area contributed by atoms with Gasteiger partial charge in [-0.1, -0.05) is 24.3 Å². The maximum Gasteiger partial charge on any atom is 0.296 e. The van der Waals surface area contributed by atoms with E-state index >= 15 is 0 Å². The van der Waals surface area contributed by atoms with Crippen molar-refractivity contribution in [2.75, 3.05) is 10.7 Å². The predicted molar refractivity (Wildman–Crippen MR) is 140 cm³/mol. The van der Waals surface area contributed by atoms with E-state index in [0.717, 1.165) is 39.5 Å². The summed E-state index contributed by atoms with van der Waals surface area (Å²) in [6, 6.07) is 16.5. The van der Waals surface area contributed by atoms with Crippen LogP contribution in [0.25, 0.3) is 21.7 Å². The summed E-state index contributed by atoms with van der Waals surface area (Å²) in [6.07, 6.45) is 1.01. The maximum atomic E-state index is 13.9. The summed E-state index contributed by atoms with van der Waals surface area (Å²) < 4.78 is 62.2. The Morgan fingerprint density at radius 3 is 2.55 bits per heavy atom. The first-order valence-electron chi connectivity index (χ1n) is 11.4. The third-order valence-electron chi connectivity index (χ3n) is 6.44. The number of carbonyl (C=O) groups excluding carboxylic acids is 1. The van der Waals surface area contributed by atoms with Crippen LogP contribution >= 0.6 is 0 Å². The van der Waals surface area contributed by atoms with Gasteiger partial charge >= 0.3 is 0 Å². The minimum atomic E-state index is -4.70. The van der Waals surface area contributed by atoms with Crippen molar-refractivity contribution in [3.63, 3.8) is 0 Å². The van der Waals surface area contributed by atoms with Crippen LogP contribution in [-0.4, -0.2) is 29.4 Å². The van der Waals surface area contributed by atoms with Crippen molar-refractivity contribution in [2.24, 2.45) is 4.99 Å². The van der Waals surface area contributed by atoms with E-state index in [4.69, 9.17) is 4.99 Å². The second-order valence-corrected chi connectivity index (χ2v) is 10.2. The number of nitrogens with one attached hydrogen (secondary N) is 2. The van der Waals surface area contributed by atoms with Crippen molar-refractivity contribution in [1.29, 1.82) is 0 Å². The van der Waals surface area contributed by atoms with E-state index < -0.39 is 32.6 Å². The van der Waals surface area contributed by atoms with Crippen LogP contribution in [0.15, 0.2) is 82.8 Å². The molecular formula is C27H18F2N4O4S. The minimum absolute atomic E-state index is 0.0850. The molecule has 0 fully saturated rings. The fourth-order valence-electron chi connectivity index (χ4n) is 4.69. The molecule has 1 amide bonds. The number of benzene rings is 4. The molecule has 2 heterocycles. The number of amidine groups is 1. The number of hydrogen-bond acceptors (Lipinski definition) is 5. The lowest BCUT2D eigenvalue weighted by atomic mass is 9.96. The van der Waals surface area contributed by atoms with Crippen LogP contribution in [0, 0.1) is 18.6 Å². The summed E-state index contributed by atoms with van der Waals surface area (Å²) >= 11 is 0. The molecule has 8 nitrogen and oxygen atoms in total. The zero-order valence-corrected chi connectivity index (χ0v) is 20.5. The average Bonchev–Trinajstić information content (AvgIpc) is 3.23. The van der Waals surface area contributed by atoms with E-state index in [-0.39, 0.29) is 16.5 Å². The van der Waals surface area contributed by atoms with Crippen molar-refractivity contribution in [1.82, 2.24) is 4.68 Å². The first-order chi connectivity index (χ1) is 18.1. The molecule has 0 saturated heterocycles. The molecule has 0 radical (unpaired) electrons. The molecule has 3 N–H and O–H groups in total. The van der Waals surface area contributed by atoms with Crippen molar-refractivity contribution in [2.45, 2.75) is 11.8 Å². The predicted octanol–water partition coefficient (Wildman–Crippen LogP) is 5.52. The van der Waals surface area contributed by atoms with Gasteiger partial charge in [0.15, 0.2) is 0 Å². The molecule has 5 aromatic rings. The van der Waals surface area contributed by atoms with Gasteiger partial charge in [0.05, 0.1) is 11.2 Å². The number of halogens is 2. The van der Waals surface area contributed by atoms with Gasteiger partial charge in [0.25, 0.3) is 16.0 Å². The van der Waals surface area contributed by atoms with Gasteiger partial charge in [0.1, 0.15) is 22.4 Å².